The van der Waals surface area contributed by atoms with E-state index in [2.05, 4.69) is 20.3 Å². The van der Waals surface area contributed by atoms with E-state index in [1.807, 2.05) is 47.9 Å². The average Bonchev–Trinajstić information content (AvgIpc) is 3.47. The highest BCUT2D eigenvalue weighted by Crippen LogP contribution is 2.34. The minimum Gasteiger partial charge on any atom is -0.497 e. The molecule has 13 heteroatoms. The maximum absolute atomic E-state index is 10.2. The van der Waals surface area contributed by atoms with Gasteiger partial charge in [0.25, 0.3) is 0 Å². The number of anilines is 2. The minimum absolute atomic E-state index is 0.149. The smallest absolute Gasteiger partial charge is 0.195 e. The van der Waals surface area contributed by atoms with Crippen LogP contribution >= 0.6 is 20.0 Å². The maximum Gasteiger partial charge on any atom is 0.195 e. The fourth-order valence-corrected chi connectivity index (χ4v) is 6.44. The summed E-state index contributed by atoms with van der Waals surface area (Å²) in [5, 5.41) is 6.47. The third-order valence-corrected chi connectivity index (χ3v) is 8.99. The van der Waals surface area contributed by atoms with E-state index in [1.165, 1.54) is 38.4 Å². The van der Waals surface area contributed by atoms with Crippen molar-refractivity contribution in [3.63, 3.8) is 0 Å². The van der Waals surface area contributed by atoms with Crippen molar-refractivity contribution in [3.8, 4) is 5.75 Å². The van der Waals surface area contributed by atoms with Crippen molar-refractivity contribution in [2.75, 3.05) is 37.7 Å². The third kappa shape index (κ3) is 9.14. The van der Waals surface area contributed by atoms with Crippen LogP contribution in [0.25, 0.3) is 33.0 Å². The lowest BCUT2D eigenvalue weighted by molar-refractivity contribution is 0.0789. The Labute approximate surface area is 275 Å². The molecule has 0 radical (unpaired) electrons. The van der Waals surface area contributed by atoms with Gasteiger partial charge in [0.1, 0.15) is 23.9 Å². The Kier molecular flexibility index (Phi) is 12.6. The van der Waals surface area contributed by atoms with E-state index in [0.717, 1.165) is 59.0 Å². The number of benzene rings is 2. The molecule has 0 saturated carbocycles. The second kappa shape index (κ2) is 17.0. The Morgan fingerprint density at radius 1 is 0.957 bits per heavy atom. The number of hydrogen-bond donors (Lipinski definition) is 3. The van der Waals surface area contributed by atoms with E-state index < -0.39 is 8.38 Å². The zero-order chi connectivity index (χ0) is 32.3. The number of nitrogens with zero attached hydrogens (tertiary/aromatic N) is 5. The molecule has 46 heavy (non-hydrogen) atoms. The van der Waals surface area contributed by atoms with Crippen LogP contribution in [0.1, 0.15) is 58.3 Å². The summed E-state index contributed by atoms with van der Waals surface area (Å²) in [6, 6.07) is 11.8. The summed E-state index contributed by atoms with van der Waals surface area (Å²) < 4.78 is 18.7. The first-order valence-electron chi connectivity index (χ1n) is 15.9. The third-order valence-electron chi connectivity index (χ3n) is 7.91. The lowest BCUT2D eigenvalue weighted by Crippen LogP contribution is -2.17. The Morgan fingerprint density at radius 2 is 1.74 bits per heavy atom. The highest BCUT2D eigenvalue weighted by atomic mass is 35.5. The van der Waals surface area contributed by atoms with Crippen LogP contribution in [0.2, 0.25) is 5.02 Å². The fourth-order valence-electron chi connectivity index (χ4n) is 5.48. The molecule has 2 unspecified atom stereocenters. The number of ether oxygens (including phenoxy) is 2. The number of fused-ring (bicyclic) bond motifs is 3. The summed E-state index contributed by atoms with van der Waals surface area (Å²) in [6.45, 7) is 3.92. The van der Waals surface area contributed by atoms with E-state index in [1.54, 1.807) is 13.4 Å². The van der Waals surface area contributed by atoms with Crippen molar-refractivity contribution < 1.29 is 18.9 Å². The van der Waals surface area contributed by atoms with Crippen molar-refractivity contribution in [3.05, 3.63) is 54.1 Å². The molecule has 4 N–H and O–H groups in total. The standard InChI is InChI=1S/C33H43ClN7O4P/c1-23(19-41-21-39-31-32(35)37-20-38-33(31)41)44-22-46(42)45-16-10-8-6-4-3-5-7-9-15-36-30-26-13-11-24(34)17-29(26)40-28-14-12-25(43-2)18-27(28)30/h11-14,17-18,20-21,23,42H,3-10,15-16,19,22H2,1-2H3,(H,36,40)(H2,35,37,38). The highest BCUT2D eigenvalue weighted by Gasteiger charge is 2.14. The number of imidazole rings is 1. The van der Waals surface area contributed by atoms with Gasteiger partial charge in [-0.2, -0.15) is 0 Å². The van der Waals surface area contributed by atoms with Gasteiger partial charge in [-0.1, -0.05) is 50.1 Å². The number of halogens is 1. The SMILES string of the molecule is COc1ccc2nc3cc(Cl)ccc3c(NCCCCCCCCCCOP(O)COC(C)Cn3cnc4c(N)ncnc43)c2c1. The van der Waals surface area contributed by atoms with Gasteiger partial charge >= 0.3 is 0 Å². The number of aromatic nitrogens is 5. The molecule has 0 amide bonds. The molecule has 2 atom stereocenters. The van der Waals surface area contributed by atoms with E-state index in [0.29, 0.717) is 35.2 Å². The number of nitrogens with two attached hydrogens (primary N) is 1. The molecule has 3 heterocycles. The molecular weight excluding hydrogens is 625 g/mol. The fraction of sp³-hybridized carbons (Fsp3) is 0.455. The molecule has 0 bridgehead atoms. The monoisotopic (exact) mass is 667 g/mol. The molecule has 2 aromatic carbocycles. The van der Waals surface area contributed by atoms with Crippen LogP contribution in [-0.2, 0) is 15.8 Å². The Morgan fingerprint density at radius 3 is 2.54 bits per heavy atom. The summed E-state index contributed by atoms with van der Waals surface area (Å²) in [5.41, 5.74) is 9.97. The van der Waals surface area contributed by atoms with Gasteiger partial charge in [-0.15, -0.1) is 0 Å². The largest absolute Gasteiger partial charge is 0.497 e. The molecule has 5 rings (SSSR count). The zero-order valence-electron chi connectivity index (χ0n) is 26.5. The van der Waals surface area contributed by atoms with Gasteiger partial charge in [-0.25, -0.2) is 19.9 Å². The number of rotatable bonds is 19. The molecule has 246 valence electrons. The average molecular weight is 668 g/mol. The Balaban J connectivity index is 0.912. The Hall–Kier alpha value is -3.34. The topological polar surface area (TPSA) is 142 Å². The molecule has 0 fully saturated rings. The molecule has 0 aliphatic rings. The van der Waals surface area contributed by atoms with E-state index in [9.17, 15) is 4.89 Å². The maximum atomic E-state index is 10.2. The molecule has 0 aliphatic heterocycles. The lowest BCUT2D eigenvalue weighted by atomic mass is 10.1. The van der Waals surface area contributed by atoms with E-state index in [-0.39, 0.29) is 12.5 Å². The minimum atomic E-state index is -1.61. The van der Waals surface area contributed by atoms with E-state index in [4.69, 9.17) is 36.3 Å². The van der Waals surface area contributed by atoms with E-state index >= 15 is 0 Å². The first kappa shape index (κ1) is 34.0. The Bertz CT molecular complexity index is 1720. The molecular formula is C33H43ClN7O4P. The van der Waals surface area contributed by atoms with Gasteiger partial charge in [0.15, 0.2) is 19.8 Å². The summed E-state index contributed by atoms with van der Waals surface area (Å²) in [4.78, 5) is 27.5. The van der Waals surface area contributed by atoms with Crippen LogP contribution in [0.5, 0.6) is 5.75 Å². The first-order valence-corrected chi connectivity index (χ1v) is 17.6. The molecule has 0 aliphatic carbocycles. The number of nitrogens with one attached hydrogen (secondary N) is 1. The van der Waals surface area contributed by atoms with Gasteiger partial charge < -0.3 is 34.5 Å². The van der Waals surface area contributed by atoms with Crippen LogP contribution in [0.3, 0.4) is 0 Å². The number of hydrogen-bond acceptors (Lipinski definition) is 10. The van der Waals surface area contributed by atoms with Crippen LogP contribution in [0.15, 0.2) is 49.1 Å². The number of unbranched alkanes of at least 4 members (excludes halogenated alkanes) is 7. The quantitative estimate of drug-likeness (QED) is 0.0456. The van der Waals surface area contributed by atoms with Gasteiger partial charge in [0.2, 0.25) is 0 Å². The van der Waals surface area contributed by atoms with Gasteiger partial charge in [0, 0.05) is 22.3 Å². The molecule has 11 nitrogen and oxygen atoms in total. The molecule has 0 saturated heterocycles. The molecule has 5 aromatic rings. The number of methoxy groups -OCH3 is 1. The van der Waals surface area contributed by atoms with Crippen molar-refractivity contribution >= 4 is 64.5 Å². The number of pyridine rings is 1. The molecule has 3 aromatic heterocycles. The second-order valence-electron chi connectivity index (χ2n) is 11.4. The summed E-state index contributed by atoms with van der Waals surface area (Å²) in [6.07, 6.45) is 12.2. The van der Waals surface area contributed by atoms with Gasteiger partial charge in [-0.3, -0.25) is 0 Å². The lowest BCUT2D eigenvalue weighted by Gasteiger charge is -2.16. The van der Waals surface area contributed by atoms with Crippen molar-refractivity contribution in [2.24, 2.45) is 0 Å². The normalized spacial score (nSPS) is 13.0. The van der Waals surface area contributed by atoms with Crippen LogP contribution in [0.4, 0.5) is 11.5 Å². The first-order chi connectivity index (χ1) is 22.4. The van der Waals surface area contributed by atoms with Crippen molar-refractivity contribution in [1.82, 2.24) is 24.5 Å². The highest BCUT2D eigenvalue weighted by molar-refractivity contribution is 7.45. The van der Waals surface area contributed by atoms with Gasteiger partial charge in [-0.05, 0) is 56.2 Å². The van der Waals surface area contributed by atoms with Crippen molar-refractivity contribution in [2.45, 2.75) is 70.9 Å². The van der Waals surface area contributed by atoms with Crippen LogP contribution in [-0.4, -0.2) is 62.1 Å². The second-order valence-corrected chi connectivity index (χ2v) is 13.1. The predicted octanol–water partition coefficient (Wildman–Crippen LogP) is 7.69. The van der Waals surface area contributed by atoms with Crippen molar-refractivity contribution in [1.29, 1.82) is 0 Å². The van der Waals surface area contributed by atoms with Gasteiger partial charge in [0.05, 0.1) is 49.4 Å². The van der Waals surface area contributed by atoms with Crippen LogP contribution < -0.4 is 15.8 Å². The summed E-state index contributed by atoms with van der Waals surface area (Å²) in [7, 11) is 0.0741. The summed E-state index contributed by atoms with van der Waals surface area (Å²) in [5.74, 6) is 1.17. The zero-order valence-corrected chi connectivity index (χ0v) is 28.1. The summed E-state index contributed by atoms with van der Waals surface area (Å²) >= 11 is 6.25. The van der Waals surface area contributed by atoms with Crippen LogP contribution in [0, 0.1) is 0 Å². The number of nitrogen functional groups attached to an aromatic ring is 1. The predicted molar refractivity (Wildman–Crippen MR) is 186 cm³/mol. The molecule has 0 spiro atoms.